The SMILES string of the molecule is O[C@@H](c1cccnc1)[C@@H]1CCCO1. The lowest BCUT2D eigenvalue weighted by molar-refractivity contribution is -0.00274. The lowest BCUT2D eigenvalue weighted by atomic mass is 10.0. The van der Waals surface area contributed by atoms with Crippen molar-refractivity contribution in [2.45, 2.75) is 25.0 Å². The third-order valence-electron chi connectivity index (χ3n) is 2.34. The number of nitrogens with zero attached hydrogens (tertiary/aromatic N) is 1. The number of ether oxygens (including phenoxy) is 1. The Morgan fingerprint density at radius 1 is 1.62 bits per heavy atom. The van der Waals surface area contributed by atoms with Gasteiger partial charge in [0.05, 0.1) is 6.10 Å². The van der Waals surface area contributed by atoms with Gasteiger partial charge in [-0.15, -0.1) is 0 Å². The summed E-state index contributed by atoms with van der Waals surface area (Å²) in [7, 11) is 0. The van der Waals surface area contributed by atoms with Gasteiger partial charge in [-0.2, -0.15) is 0 Å². The first-order valence-corrected chi connectivity index (χ1v) is 4.57. The van der Waals surface area contributed by atoms with Crippen LogP contribution in [0.4, 0.5) is 0 Å². The summed E-state index contributed by atoms with van der Waals surface area (Å²) in [6, 6.07) is 3.70. The molecule has 0 aliphatic carbocycles. The van der Waals surface area contributed by atoms with Gasteiger partial charge in [-0.25, -0.2) is 0 Å². The van der Waals surface area contributed by atoms with Crippen LogP contribution in [-0.4, -0.2) is 22.8 Å². The van der Waals surface area contributed by atoms with Crippen molar-refractivity contribution in [1.82, 2.24) is 4.98 Å². The second-order valence-corrected chi connectivity index (χ2v) is 3.28. The van der Waals surface area contributed by atoms with E-state index in [1.54, 1.807) is 12.4 Å². The minimum absolute atomic E-state index is 0.0378. The Hall–Kier alpha value is -0.930. The summed E-state index contributed by atoms with van der Waals surface area (Å²) in [6.45, 7) is 0.766. The average molecular weight is 179 g/mol. The number of rotatable bonds is 2. The molecule has 2 rings (SSSR count). The van der Waals surface area contributed by atoms with Crippen LogP contribution in [0.25, 0.3) is 0 Å². The van der Waals surface area contributed by atoms with Crippen LogP contribution in [0, 0.1) is 0 Å². The standard InChI is InChI=1S/C10H13NO2/c12-10(9-4-2-6-13-9)8-3-1-5-11-7-8/h1,3,5,7,9-10,12H,2,4,6H2/t9-,10-/m0/s1. The molecule has 3 nitrogen and oxygen atoms in total. The van der Waals surface area contributed by atoms with Crippen molar-refractivity contribution in [3.63, 3.8) is 0 Å². The van der Waals surface area contributed by atoms with E-state index in [9.17, 15) is 5.11 Å². The number of pyridine rings is 1. The third-order valence-corrected chi connectivity index (χ3v) is 2.34. The summed E-state index contributed by atoms with van der Waals surface area (Å²) in [5.74, 6) is 0. The van der Waals surface area contributed by atoms with Crippen molar-refractivity contribution in [3.05, 3.63) is 30.1 Å². The lowest BCUT2D eigenvalue weighted by Crippen LogP contribution is -2.17. The monoisotopic (exact) mass is 179 g/mol. The molecule has 13 heavy (non-hydrogen) atoms. The van der Waals surface area contributed by atoms with Gasteiger partial charge in [0.2, 0.25) is 0 Å². The van der Waals surface area contributed by atoms with Crippen molar-refractivity contribution < 1.29 is 9.84 Å². The molecule has 0 amide bonds. The van der Waals surface area contributed by atoms with Crippen LogP contribution in [0.1, 0.15) is 24.5 Å². The van der Waals surface area contributed by atoms with Crippen molar-refractivity contribution in [3.8, 4) is 0 Å². The van der Waals surface area contributed by atoms with Crippen LogP contribution in [0.3, 0.4) is 0 Å². The molecule has 0 radical (unpaired) electrons. The van der Waals surface area contributed by atoms with Gasteiger partial charge in [0.15, 0.2) is 0 Å². The van der Waals surface area contributed by atoms with Crippen LogP contribution >= 0.6 is 0 Å². The van der Waals surface area contributed by atoms with E-state index in [4.69, 9.17) is 4.74 Å². The van der Waals surface area contributed by atoms with Crippen molar-refractivity contribution >= 4 is 0 Å². The molecule has 0 spiro atoms. The first-order valence-electron chi connectivity index (χ1n) is 4.57. The van der Waals surface area contributed by atoms with Crippen molar-refractivity contribution in [2.75, 3.05) is 6.61 Å². The molecular weight excluding hydrogens is 166 g/mol. The van der Waals surface area contributed by atoms with E-state index >= 15 is 0 Å². The minimum Gasteiger partial charge on any atom is -0.386 e. The average Bonchev–Trinajstić information content (AvgIpc) is 2.71. The number of hydrogen-bond donors (Lipinski definition) is 1. The molecule has 1 aromatic heterocycles. The summed E-state index contributed by atoms with van der Waals surface area (Å²) in [5, 5.41) is 9.86. The van der Waals surface area contributed by atoms with E-state index < -0.39 is 6.10 Å². The van der Waals surface area contributed by atoms with Crippen molar-refractivity contribution in [2.24, 2.45) is 0 Å². The van der Waals surface area contributed by atoms with Crippen molar-refractivity contribution in [1.29, 1.82) is 0 Å². The molecule has 0 bridgehead atoms. The van der Waals surface area contributed by atoms with Crippen LogP contribution in [0.2, 0.25) is 0 Å². The Labute approximate surface area is 77.4 Å². The van der Waals surface area contributed by atoms with Gasteiger partial charge >= 0.3 is 0 Å². The van der Waals surface area contributed by atoms with E-state index in [1.165, 1.54) is 0 Å². The van der Waals surface area contributed by atoms with Gasteiger partial charge in [-0.1, -0.05) is 6.07 Å². The molecule has 0 unspecified atom stereocenters. The molecule has 1 saturated heterocycles. The number of hydrogen-bond acceptors (Lipinski definition) is 3. The first kappa shape index (κ1) is 8.66. The topological polar surface area (TPSA) is 42.4 Å². The maximum atomic E-state index is 9.86. The molecule has 2 heterocycles. The van der Waals surface area contributed by atoms with Crippen LogP contribution in [0.15, 0.2) is 24.5 Å². The largest absolute Gasteiger partial charge is 0.386 e. The molecule has 1 aliphatic rings. The summed E-state index contributed by atoms with van der Waals surface area (Å²) >= 11 is 0. The maximum absolute atomic E-state index is 9.86. The van der Waals surface area contributed by atoms with E-state index in [0.717, 1.165) is 25.0 Å². The Bertz CT molecular complexity index is 257. The highest BCUT2D eigenvalue weighted by atomic mass is 16.5. The third kappa shape index (κ3) is 1.87. The fourth-order valence-corrected chi connectivity index (χ4v) is 1.62. The number of aliphatic hydroxyl groups excluding tert-OH is 1. The lowest BCUT2D eigenvalue weighted by Gasteiger charge is -2.16. The second-order valence-electron chi connectivity index (χ2n) is 3.28. The van der Waals surface area contributed by atoms with Crippen LogP contribution < -0.4 is 0 Å². The zero-order valence-electron chi connectivity index (χ0n) is 7.39. The van der Waals surface area contributed by atoms with Gasteiger partial charge in [0.1, 0.15) is 6.10 Å². The molecule has 2 atom stereocenters. The molecule has 1 N–H and O–H groups in total. The Morgan fingerprint density at radius 2 is 2.54 bits per heavy atom. The van der Waals surface area contributed by atoms with E-state index in [2.05, 4.69) is 4.98 Å². The number of aliphatic hydroxyl groups is 1. The van der Waals surface area contributed by atoms with E-state index in [1.807, 2.05) is 12.1 Å². The Kier molecular flexibility index (Phi) is 2.57. The fraction of sp³-hybridized carbons (Fsp3) is 0.500. The Morgan fingerprint density at radius 3 is 3.15 bits per heavy atom. The highest BCUT2D eigenvalue weighted by molar-refractivity contribution is 5.13. The number of aromatic nitrogens is 1. The van der Waals surface area contributed by atoms with Crippen LogP contribution in [-0.2, 0) is 4.74 Å². The highest BCUT2D eigenvalue weighted by Crippen LogP contribution is 2.25. The molecular formula is C10H13NO2. The van der Waals surface area contributed by atoms with Gasteiger partial charge < -0.3 is 9.84 Å². The quantitative estimate of drug-likeness (QED) is 0.744. The summed E-state index contributed by atoms with van der Waals surface area (Å²) < 4.78 is 5.39. The highest BCUT2D eigenvalue weighted by Gasteiger charge is 2.25. The Balaban J connectivity index is 2.08. The van der Waals surface area contributed by atoms with E-state index in [-0.39, 0.29) is 6.10 Å². The zero-order chi connectivity index (χ0) is 9.10. The molecule has 0 aromatic carbocycles. The summed E-state index contributed by atoms with van der Waals surface area (Å²) in [6.07, 6.45) is 4.82. The van der Waals surface area contributed by atoms with Gasteiger partial charge in [0, 0.05) is 24.6 Å². The van der Waals surface area contributed by atoms with E-state index in [0.29, 0.717) is 0 Å². The molecule has 3 heteroatoms. The second kappa shape index (κ2) is 3.85. The van der Waals surface area contributed by atoms with Crippen LogP contribution in [0.5, 0.6) is 0 Å². The smallest absolute Gasteiger partial charge is 0.107 e. The van der Waals surface area contributed by atoms with Gasteiger partial charge in [0.25, 0.3) is 0 Å². The van der Waals surface area contributed by atoms with Gasteiger partial charge in [-0.3, -0.25) is 4.98 Å². The fourth-order valence-electron chi connectivity index (χ4n) is 1.62. The first-order chi connectivity index (χ1) is 6.38. The maximum Gasteiger partial charge on any atom is 0.107 e. The molecule has 0 saturated carbocycles. The minimum atomic E-state index is -0.517. The molecule has 1 aromatic rings. The normalized spacial score (nSPS) is 24.5. The van der Waals surface area contributed by atoms with Gasteiger partial charge in [-0.05, 0) is 18.9 Å². The predicted octanol–water partition coefficient (Wildman–Crippen LogP) is 1.29. The molecule has 70 valence electrons. The predicted molar refractivity (Wildman–Crippen MR) is 48.2 cm³/mol. The zero-order valence-corrected chi connectivity index (χ0v) is 7.39. The summed E-state index contributed by atoms with van der Waals surface area (Å²) in [5.41, 5.74) is 0.842. The summed E-state index contributed by atoms with van der Waals surface area (Å²) in [4.78, 5) is 3.96. The molecule has 1 aliphatic heterocycles. The molecule has 1 fully saturated rings.